The third-order valence-corrected chi connectivity index (χ3v) is 3.86. The molecule has 2 aromatic rings. The first kappa shape index (κ1) is 15.9. The molecule has 3 rings (SSSR count). The number of nitrogens with zero attached hydrogens (tertiary/aromatic N) is 1. The highest BCUT2D eigenvalue weighted by Crippen LogP contribution is 2.35. The van der Waals surface area contributed by atoms with E-state index < -0.39 is 23.4 Å². The molecule has 3 atom stereocenters. The smallest absolute Gasteiger partial charge is 0.269 e. The summed E-state index contributed by atoms with van der Waals surface area (Å²) in [6, 6.07) is 13.0. The second kappa shape index (κ2) is 6.64. The number of aliphatic hydroxyl groups excluding tert-OH is 1. The van der Waals surface area contributed by atoms with Crippen molar-refractivity contribution in [3.05, 3.63) is 74.8 Å². The summed E-state index contributed by atoms with van der Waals surface area (Å²) >= 11 is 5.86. The minimum absolute atomic E-state index is 0.00968. The van der Waals surface area contributed by atoms with Crippen LogP contribution in [0.4, 0.5) is 5.69 Å². The van der Waals surface area contributed by atoms with Gasteiger partial charge in [-0.15, -0.1) is 0 Å². The lowest BCUT2D eigenvalue weighted by atomic mass is 10.0. The Balaban J connectivity index is 1.80. The first-order valence-corrected chi connectivity index (χ1v) is 7.37. The van der Waals surface area contributed by atoms with Crippen LogP contribution in [0.15, 0.2) is 48.5 Å². The zero-order chi connectivity index (χ0) is 16.4. The topological polar surface area (TPSA) is 81.8 Å². The predicted octanol–water partition coefficient (Wildman–Crippen LogP) is 3.40. The van der Waals surface area contributed by atoms with E-state index in [1.807, 2.05) is 0 Å². The van der Waals surface area contributed by atoms with Gasteiger partial charge in [-0.25, -0.2) is 0 Å². The fraction of sp³-hybridized carbons (Fsp3) is 0.250. The van der Waals surface area contributed by atoms with Gasteiger partial charge >= 0.3 is 0 Å². The molecule has 1 aliphatic rings. The van der Waals surface area contributed by atoms with Crippen LogP contribution in [0, 0.1) is 10.1 Å². The van der Waals surface area contributed by atoms with Crippen LogP contribution in [0.25, 0.3) is 0 Å². The largest absolute Gasteiger partial charge is 0.388 e. The van der Waals surface area contributed by atoms with Crippen LogP contribution in [-0.4, -0.2) is 22.7 Å². The zero-order valence-corrected chi connectivity index (χ0v) is 12.7. The predicted molar refractivity (Wildman–Crippen MR) is 83.1 cm³/mol. The van der Waals surface area contributed by atoms with Crippen LogP contribution in [0.5, 0.6) is 0 Å². The number of benzene rings is 2. The molecule has 1 fully saturated rings. The van der Waals surface area contributed by atoms with Crippen LogP contribution < -0.4 is 0 Å². The second-order valence-electron chi connectivity index (χ2n) is 5.19. The molecule has 6 nitrogen and oxygen atoms in total. The van der Waals surface area contributed by atoms with E-state index in [-0.39, 0.29) is 12.3 Å². The maximum Gasteiger partial charge on any atom is 0.269 e. The molecule has 0 aromatic heterocycles. The van der Waals surface area contributed by atoms with Crippen molar-refractivity contribution in [2.75, 3.05) is 6.61 Å². The van der Waals surface area contributed by atoms with Gasteiger partial charge in [0.1, 0.15) is 12.2 Å². The van der Waals surface area contributed by atoms with Gasteiger partial charge < -0.3 is 14.6 Å². The molecule has 0 spiro atoms. The minimum atomic E-state index is -0.847. The number of aliphatic hydroxyl groups is 1. The highest BCUT2D eigenvalue weighted by atomic mass is 35.5. The van der Waals surface area contributed by atoms with E-state index in [0.29, 0.717) is 10.6 Å². The fourth-order valence-corrected chi connectivity index (χ4v) is 2.54. The number of nitro benzene ring substituents is 1. The Hall–Kier alpha value is -1.99. The summed E-state index contributed by atoms with van der Waals surface area (Å²) in [5, 5.41) is 21.4. The molecule has 1 heterocycles. The Morgan fingerprint density at radius 2 is 1.70 bits per heavy atom. The van der Waals surface area contributed by atoms with E-state index in [2.05, 4.69) is 0 Å². The van der Waals surface area contributed by atoms with E-state index in [9.17, 15) is 15.2 Å². The van der Waals surface area contributed by atoms with E-state index in [0.717, 1.165) is 5.56 Å². The van der Waals surface area contributed by atoms with E-state index in [1.165, 1.54) is 12.1 Å². The molecule has 0 unspecified atom stereocenters. The fourth-order valence-electron chi connectivity index (χ4n) is 2.42. The molecule has 0 amide bonds. The van der Waals surface area contributed by atoms with Gasteiger partial charge in [-0.1, -0.05) is 23.7 Å². The molecular formula is C16H14ClNO5. The molecule has 23 heavy (non-hydrogen) atoms. The van der Waals surface area contributed by atoms with Crippen molar-refractivity contribution in [1.29, 1.82) is 0 Å². The molecule has 120 valence electrons. The number of hydrogen-bond donors (Lipinski definition) is 1. The maximum atomic E-state index is 10.7. The molecule has 1 aliphatic heterocycles. The van der Waals surface area contributed by atoms with E-state index in [4.69, 9.17) is 21.1 Å². The molecule has 0 radical (unpaired) electrons. The van der Waals surface area contributed by atoms with Crippen LogP contribution in [0.1, 0.15) is 23.5 Å². The summed E-state index contributed by atoms with van der Waals surface area (Å²) in [6.07, 6.45) is -2.10. The first-order valence-electron chi connectivity index (χ1n) is 6.99. The van der Waals surface area contributed by atoms with Gasteiger partial charge in [0.15, 0.2) is 6.29 Å². The van der Waals surface area contributed by atoms with Gasteiger partial charge in [-0.2, -0.15) is 0 Å². The summed E-state index contributed by atoms with van der Waals surface area (Å²) < 4.78 is 11.3. The lowest BCUT2D eigenvalue weighted by molar-refractivity contribution is -0.384. The average Bonchev–Trinajstić information content (AvgIpc) is 2.56. The standard InChI is InChI=1S/C16H14ClNO5/c17-12-5-1-11(2-6-12)16-22-9-14(19)15(23-16)10-3-7-13(8-4-10)18(20)21/h1-8,14-16,19H,9H2/t14-,15-,16+/m0/s1. The monoisotopic (exact) mass is 335 g/mol. The van der Waals surface area contributed by atoms with Crippen LogP contribution >= 0.6 is 11.6 Å². The van der Waals surface area contributed by atoms with Crippen LogP contribution in [0.3, 0.4) is 0 Å². The Bertz CT molecular complexity index is 689. The Morgan fingerprint density at radius 3 is 2.30 bits per heavy atom. The Morgan fingerprint density at radius 1 is 1.09 bits per heavy atom. The van der Waals surface area contributed by atoms with Gasteiger partial charge in [0, 0.05) is 22.7 Å². The Kier molecular flexibility index (Phi) is 4.58. The minimum Gasteiger partial charge on any atom is -0.388 e. The second-order valence-corrected chi connectivity index (χ2v) is 5.63. The summed E-state index contributed by atoms with van der Waals surface area (Å²) in [6.45, 7) is 0.106. The highest BCUT2D eigenvalue weighted by Gasteiger charge is 2.32. The third kappa shape index (κ3) is 3.51. The van der Waals surface area contributed by atoms with Gasteiger partial charge in [0.25, 0.3) is 5.69 Å². The highest BCUT2D eigenvalue weighted by molar-refractivity contribution is 6.30. The molecule has 2 aromatic carbocycles. The number of rotatable bonds is 3. The quantitative estimate of drug-likeness (QED) is 0.686. The van der Waals surface area contributed by atoms with Crippen LogP contribution in [-0.2, 0) is 9.47 Å². The summed E-state index contributed by atoms with van der Waals surface area (Å²) in [5.41, 5.74) is 1.43. The number of non-ortho nitro benzene ring substituents is 1. The van der Waals surface area contributed by atoms with Gasteiger partial charge in [-0.05, 0) is 29.8 Å². The molecule has 1 saturated heterocycles. The van der Waals surface area contributed by atoms with Crippen molar-refractivity contribution in [3.8, 4) is 0 Å². The van der Waals surface area contributed by atoms with Crippen molar-refractivity contribution >= 4 is 17.3 Å². The SMILES string of the molecule is O=[N+]([O-])c1ccc([C@@H]2O[C@H](c3ccc(Cl)cc3)OC[C@@H]2O)cc1. The number of ether oxygens (including phenoxy) is 2. The van der Waals surface area contributed by atoms with Crippen LogP contribution in [0.2, 0.25) is 5.02 Å². The Labute approximate surface area is 137 Å². The molecule has 0 bridgehead atoms. The van der Waals surface area contributed by atoms with Crippen molar-refractivity contribution in [3.63, 3.8) is 0 Å². The molecule has 1 N–H and O–H groups in total. The van der Waals surface area contributed by atoms with Crippen molar-refractivity contribution in [1.82, 2.24) is 0 Å². The first-order chi connectivity index (χ1) is 11.0. The summed E-state index contributed by atoms with van der Waals surface area (Å²) in [7, 11) is 0. The van der Waals surface area contributed by atoms with Gasteiger partial charge in [0.05, 0.1) is 11.5 Å². The summed E-state index contributed by atoms with van der Waals surface area (Å²) in [5.74, 6) is 0. The van der Waals surface area contributed by atoms with Gasteiger partial charge in [-0.3, -0.25) is 10.1 Å². The average molecular weight is 336 g/mol. The lowest BCUT2D eigenvalue weighted by Crippen LogP contribution is -2.34. The normalized spacial score (nSPS) is 24.3. The molecule has 0 saturated carbocycles. The molecule has 7 heteroatoms. The van der Waals surface area contributed by atoms with E-state index >= 15 is 0 Å². The molecular weight excluding hydrogens is 322 g/mol. The van der Waals surface area contributed by atoms with Crippen molar-refractivity contribution < 1.29 is 19.5 Å². The van der Waals surface area contributed by atoms with Crippen molar-refractivity contribution in [2.45, 2.75) is 18.5 Å². The lowest BCUT2D eigenvalue weighted by Gasteiger charge is -2.34. The maximum absolute atomic E-state index is 10.7. The third-order valence-electron chi connectivity index (χ3n) is 3.61. The van der Waals surface area contributed by atoms with Gasteiger partial charge in [0.2, 0.25) is 0 Å². The molecule has 0 aliphatic carbocycles. The number of halogens is 1. The number of nitro groups is 1. The summed E-state index contributed by atoms with van der Waals surface area (Å²) in [4.78, 5) is 10.2. The zero-order valence-electron chi connectivity index (χ0n) is 12.0. The van der Waals surface area contributed by atoms with E-state index in [1.54, 1.807) is 36.4 Å². The van der Waals surface area contributed by atoms with Crippen molar-refractivity contribution in [2.24, 2.45) is 0 Å². The number of hydrogen-bond acceptors (Lipinski definition) is 5.